The zero-order valence-electron chi connectivity index (χ0n) is 16.7. The lowest BCUT2D eigenvalue weighted by molar-refractivity contribution is 0.00578. The first kappa shape index (κ1) is 20.1. The molecule has 3 unspecified atom stereocenters. The summed E-state index contributed by atoms with van der Waals surface area (Å²) in [5.74, 6) is 0.261. The van der Waals surface area contributed by atoms with Crippen LogP contribution in [-0.4, -0.2) is 34.8 Å². The number of primary sulfonamides is 1. The summed E-state index contributed by atoms with van der Waals surface area (Å²) in [7, 11) is -5.66. The Kier molecular flexibility index (Phi) is 4.57. The molecule has 3 atom stereocenters. The van der Waals surface area contributed by atoms with Crippen molar-refractivity contribution in [2.24, 2.45) is 5.14 Å². The van der Waals surface area contributed by atoms with Gasteiger partial charge in [0.15, 0.2) is 0 Å². The average molecular weight is 395 g/mol. The predicted molar refractivity (Wildman–Crippen MR) is 107 cm³/mol. The third kappa shape index (κ3) is 3.31. The van der Waals surface area contributed by atoms with E-state index in [4.69, 9.17) is 14.4 Å². The zero-order valence-corrected chi connectivity index (χ0v) is 18.6. The third-order valence-corrected chi connectivity index (χ3v) is 9.97. The lowest BCUT2D eigenvalue weighted by atomic mass is 9.79. The molecule has 0 radical (unpaired) electrons. The minimum atomic E-state index is -3.77. The lowest BCUT2D eigenvalue weighted by Crippen LogP contribution is -2.41. The Morgan fingerprint density at radius 3 is 2.00 bits per heavy atom. The van der Waals surface area contributed by atoms with Gasteiger partial charge in [-0.2, -0.15) is 0 Å². The van der Waals surface area contributed by atoms with E-state index in [9.17, 15) is 8.42 Å². The van der Waals surface area contributed by atoms with Gasteiger partial charge >= 0.3 is 7.12 Å². The van der Waals surface area contributed by atoms with Crippen LogP contribution in [0, 0.1) is 0 Å². The summed E-state index contributed by atoms with van der Waals surface area (Å²) in [4.78, 5) is 0.229. The molecule has 2 N–H and O–H groups in total. The van der Waals surface area contributed by atoms with Gasteiger partial charge in [-0.1, -0.05) is 37.8 Å². The second-order valence-electron chi connectivity index (χ2n) is 9.70. The molecular formula is C18H30BNO4SSi. The van der Waals surface area contributed by atoms with Crippen molar-refractivity contribution in [1.82, 2.24) is 0 Å². The number of rotatable bonds is 4. The molecule has 1 saturated heterocycles. The van der Waals surface area contributed by atoms with Crippen LogP contribution in [0.4, 0.5) is 0 Å². The summed E-state index contributed by atoms with van der Waals surface area (Å²) in [6.45, 7) is 15.1. The van der Waals surface area contributed by atoms with E-state index in [2.05, 4.69) is 19.6 Å². The molecule has 0 aromatic heterocycles. The summed E-state index contributed by atoms with van der Waals surface area (Å²) in [5.41, 5.74) is 0.407. The summed E-state index contributed by atoms with van der Waals surface area (Å²) in [5, 5.41) is 5.48. The highest BCUT2D eigenvalue weighted by atomic mass is 32.2. The highest BCUT2D eigenvalue weighted by molar-refractivity contribution is 7.89. The first-order chi connectivity index (χ1) is 11.7. The molecule has 1 aromatic rings. The molecule has 26 heavy (non-hydrogen) atoms. The monoisotopic (exact) mass is 395 g/mol. The van der Waals surface area contributed by atoms with E-state index in [1.807, 2.05) is 39.8 Å². The molecular weight excluding hydrogens is 365 g/mol. The summed E-state index contributed by atoms with van der Waals surface area (Å²) < 4.78 is 36.8. The van der Waals surface area contributed by atoms with E-state index in [0.29, 0.717) is 5.54 Å². The molecule has 0 amide bonds. The van der Waals surface area contributed by atoms with Crippen LogP contribution in [0.2, 0.25) is 31.0 Å². The normalized spacial score (nSPS) is 30.5. The smallest absolute Gasteiger partial charge is 0.403 e. The Morgan fingerprint density at radius 1 is 1.04 bits per heavy atom. The molecule has 2 fully saturated rings. The Balaban J connectivity index is 2.01. The van der Waals surface area contributed by atoms with Gasteiger partial charge in [-0.3, -0.25) is 0 Å². The molecule has 0 bridgehead atoms. The highest BCUT2D eigenvalue weighted by Gasteiger charge is 2.68. The minimum Gasteiger partial charge on any atom is -0.403 e. The number of sulfonamides is 1. The molecule has 0 spiro atoms. The maximum atomic E-state index is 12.1. The van der Waals surface area contributed by atoms with Gasteiger partial charge in [0.2, 0.25) is 10.0 Å². The van der Waals surface area contributed by atoms with Crippen molar-refractivity contribution < 1.29 is 17.7 Å². The van der Waals surface area contributed by atoms with Gasteiger partial charge in [0.05, 0.1) is 16.1 Å². The van der Waals surface area contributed by atoms with Crippen LogP contribution in [0.5, 0.6) is 0 Å². The van der Waals surface area contributed by atoms with Crippen LogP contribution in [0.1, 0.15) is 39.2 Å². The van der Waals surface area contributed by atoms with Gasteiger partial charge in [-0.15, -0.1) is 0 Å². The maximum absolute atomic E-state index is 12.1. The van der Waals surface area contributed by atoms with Crippen LogP contribution in [-0.2, 0) is 19.3 Å². The molecule has 8 heteroatoms. The fraction of sp³-hybridized carbons (Fsp3) is 0.667. The van der Waals surface area contributed by atoms with Crippen molar-refractivity contribution in [3.05, 3.63) is 29.8 Å². The average Bonchev–Trinajstić information content (AvgIpc) is 3.15. The van der Waals surface area contributed by atoms with E-state index in [0.717, 1.165) is 5.56 Å². The van der Waals surface area contributed by atoms with Crippen molar-refractivity contribution >= 4 is 25.2 Å². The van der Waals surface area contributed by atoms with Crippen LogP contribution in [0.15, 0.2) is 29.2 Å². The third-order valence-electron chi connectivity index (χ3n) is 6.25. The molecule has 1 heterocycles. The van der Waals surface area contributed by atoms with Gasteiger partial charge in [-0.05, 0) is 50.8 Å². The molecule has 144 valence electrons. The van der Waals surface area contributed by atoms with E-state index in [-0.39, 0.29) is 23.7 Å². The quantitative estimate of drug-likeness (QED) is 0.790. The fourth-order valence-electron chi connectivity index (χ4n) is 4.25. The fourth-order valence-corrected chi connectivity index (χ4v) is 7.94. The van der Waals surface area contributed by atoms with E-state index in [1.54, 1.807) is 12.1 Å². The van der Waals surface area contributed by atoms with Gasteiger partial charge < -0.3 is 9.31 Å². The summed E-state index contributed by atoms with van der Waals surface area (Å²) in [6.07, 6.45) is 0. The number of hydrogen-bond acceptors (Lipinski definition) is 4. The van der Waals surface area contributed by atoms with E-state index < -0.39 is 29.3 Å². The number of benzene rings is 1. The molecule has 3 rings (SSSR count). The molecule has 1 aliphatic carbocycles. The van der Waals surface area contributed by atoms with Gasteiger partial charge in [-0.25, -0.2) is 13.6 Å². The van der Waals surface area contributed by atoms with Crippen molar-refractivity contribution in [2.75, 3.05) is 0 Å². The molecule has 1 saturated carbocycles. The first-order valence-electron chi connectivity index (χ1n) is 9.14. The molecule has 1 aromatic carbocycles. The van der Waals surface area contributed by atoms with E-state index in [1.165, 1.54) is 0 Å². The molecule has 1 aliphatic heterocycles. The van der Waals surface area contributed by atoms with E-state index >= 15 is 0 Å². The van der Waals surface area contributed by atoms with Crippen LogP contribution < -0.4 is 5.14 Å². The minimum absolute atomic E-state index is 0.103. The first-order valence-corrected chi connectivity index (χ1v) is 14.3. The SMILES string of the molecule is CC1(C)OB(C2C(c3ccccc3S(N)(=O)=O)C2[Si](C)(C)C)OC1(C)C. The van der Waals surface area contributed by atoms with Crippen molar-refractivity contribution in [1.29, 1.82) is 0 Å². The van der Waals surface area contributed by atoms with Crippen LogP contribution in [0.25, 0.3) is 0 Å². The Morgan fingerprint density at radius 2 is 1.54 bits per heavy atom. The predicted octanol–water partition coefficient (Wildman–Crippen LogP) is 3.60. The number of hydrogen-bond donors (Lipinski definition) is 1. The molecule has 5 nitrogen and oxygen atoms in total. The lowest BCUT2D eigenvalue weighted by Gasteiger charge is -2.32. The largest absolute Gasteiger partial charge is 0.461 e. The Labute approximate surface area is 158 Å². The van der Waals surface area contributed by atoms with Crippen molar-refractivity contribution in [2.45, 2.75) is 80.7 Å². The summed E-state index contributed by atoms with van der Waals surface area (Å²) >= 11 is 0. The van der Waals surface area contributed by atoms with Gasteiger partial charge in [0.25, 0.3) is 0 Å². The van der Waals surface area contributed by atoms with Crippen molar-refractivity contribution in [3.63, 3.8) is 0 Å². The molecule has 2 aliphatic rings. The standard InChI is InChI=1S/C18H30BNO4SSi/c1-17(2)18(3,4)24-19(23-17)15-14(16(15)26(5,6)7)12-10-8-9-11-13(12)25(20,21)22/h8-11,14-16H,1-7H3,(H2,20,21,22). The van der Waals surface area contributed by atoms with Crippen LogP contribution >= 0.6 is 0 Å². The Hall–Kier alpha value is -0.668. The van der Waals surface area contributed by atoms with Crippen molar-refractivity contribution in [3.8, 4) is 0 Å². The highest BCUT2D eigenvalue weighted by Crippen LogP contribution is 2.71. The Bertz CT molecular complexity index is 803. The second kappa shape index (κ2) is 5.91. The second-order valence-corrected chi connectivity index (χ2v) is 16.6. The topological polar surface area (TPSA) is 78.6 Å². The zero-order chi connectivity index (χ0) is 19.7. The summed E-state index contributed by atoms with van der Waals surface area (Å²) in [6, 6.07) is 7.10. The van der Waals surface area contributed by atoms with Gasteiger partial charge in [0, 0.05) is 13.9 Å². The van der Waals surface area contributed by atoms with Crippen LogP contribution in [0.3, 0.4) is 0 Å². The van der Waals surface area contributed by atoms with Gasteiger partial charge in [0.1, 0.15) is 0 Å². The maximum Gasteiger partial charge on any atom is 0.461 e. The number of nitrogens with two attached hydrogens (primary N) is 1.